The molecule has 0 unspecified atom stereocenters. The number of hydrogen-bond acceptors (Lipinski definition) is 4. The third-order valence-corrected chi connectivity index (χ3v) is 5.26. The number of ketones is 1. The van der Waals surface area contributed by atoms with E-state index in [2.05, 4.69) is 5.32 Å². The second kappa shape index (κ2) is 7.78. The first-order chi connectivity index (χ1) is 12.9. The van der Waals surface area contributed by atoms with E-state index < -0.39 is 17.3 Å². The fourth-order valence-electron chi connectivity index (χ4n) is 3.52. The van der Waals surface area contributed by atoms with Gasteiger partial charge in [-0.3, -0.25) is 14.4 Å². The number of benzene rings is 1. The number of hydrogen-bond donors (Lipinski definition) is 2. The zero-order valence-corrected chi connectivity index (χ0v) is 15.3. The highest BCUT2D eigenvalue weighted by molar-refractivity contribution is 5.94. The number of nitrogens with one attached hydrogen (secondary N) is 1. The summed E-state index contributed by atoms with van der Waals surface area (Å²) in [6.45, 7) is 1.60. The van der Waals surface area contributed by atoms with Gasteiger partial charge < -0.3 is 14.8 Å². The van der Waals surface area contributed by atoms with E-state index in [0.717, 1.165) is 24.8 Å². The average molecular weight is 369 g/mol. The molecule has 1 aliphatic rings. The Labute approximate surface area is 157 Å². The van der Waals surface area contributed by atoms with Crippen LogP contribution in [0.4, 0.5) is 0 Å². The van der Waals surface area contributed by atoms with Crippen LogP contribution in [0.15, 0.2) is 40.8 Å². The van der Waals surface area contributed by atoms with Gasteiger partial charge in [0.05, 0.1) is 5.41 Å². The maximum Gasteiger partial charge on any atom is 0.311 e. The quantitative estimate of drug-likeness (QED) is 0.753. The smallest absolute Gasteiger partial charge is 0.311 e. The third kappa shape index (κ3) is 4.10. The van der Waals surface area contributed by atoms with Crippen molar-refractivity contribution in [2.45, 2.75) is 39.0 Å². The Bertz CT molecular complexity index is 844. The van der Waals surface area contributed by atoms with Gasteiger partial charge in [0.15, 0.2) is 11.5 Å². The van der Waals surface area contributed by atoms with Gasteiger partial charge in [-0.05, 0) is 31.9 Å². The van der Waals surface area contributed by atoms with E-state index in [1.807, 2.05) is 0 Å². The minimum absolute atomic E-state index is 0.0175. The van der Waals surface area contributed by atoms with Crippen LogP contribution in [0.5, 0.6) is 0 Å². The normalized spacial score (nSPS) is 15.9. The second-order valence-corrected chi connectivity index (χ2v) is 7.13. The van der Waals surface area contributed by atoms with E-state index in [-0.39, 0.29) is 18.1 Å². The summed E-state index contributed by atoms with van der Waals surface area (Å²) in [6.07, 6.45) is 3.92. The van der Waals surface area contributed by atoms with Crippen LogP contribution >= 0.6 is 0 Å². The zero-order chi connectivity index (χ0) is 19.4. The van der Waals surface area contributed by atoms with Gasteiger partial charge in [-0.2, -0.15) is 0 Å². The van der Waals surface area contributed by atoms with Gasteiger partial charge in [0, 0.05) is 17.7 Å². The molecule has 27 heavy (non-hydrogen) atoms. The van der Waals surface area contributed by atoms with Crippen LogP contribution in [0, 0.1) is 5.41 Å². The highest BCUT2D eigenvalue weighted by Crippen LogP contribution is 2.36. The molecule has 1 aromatic carbocycles. The van der Waals surface area contributed by atoms with Crippen molar-refractivity contribution in [2.24, 2.45) is 5.41 Å². The molecule has 0 radical (unpaired) electrons. The van der Waals surface area contributed by atoms with Crippen LogP contribution in [0.25, 0.3) is 11.3 Å². The highest BCUT2D eigenvalue weighted by atomic mass is 16.4. The van der Waals surface area contributed by atoms with Crippen molar-refractivity contribution >= 4 is 17.7 Å². The molecule has 0 atom stereocenters. The molecule has 0 bridgehead atoms. The molecule has 142 valence electrons. The van der Waals surface area contributed by atoms with Gasteiger partial charge >= 0.3 is 5.97 Å². The SMILES string of the molecule is CC(=O)c1ccc(-c2ccc(C(=O)NCC3(C(=O)O)CCCCC3)o2)cc1. The van der Waals surface area contributed by atoms with Gasteiger partial charge in [-0.1, -0.05) is 43.5 Å². The molecule has 1 fully saturated rings. The average Bonchev–Trinajstić information content (AvgIpc) is 3.17. The Hall–Kier alpha value is -2.89. The zero-order valence-electron chi connectivity index (χ0n) is 15.3. The predicted molar refractivity (Wildman–Crippen MR) is 99.6 cm³/mol. The summed E-state index contributed by atoms with van der Waals surface area (Å²) in [6, 6.07) is 10.2. The second-order valence-electron chi connectivity index (χ2n) is 7.13. The van der Waals surface area contributed by atoms with E-state index >= 15 is 0 Å². The van der Waals surface area contributed by atoms with Gasteiger partial charge in [0.25, 0.3) is 5.91 Å². The number of rotatable bonds is 6. The maximum atomic E-state index is 12.4. The minimum Gasteiger partial charge on any atom is -0.481 e. The largest absolute Gasteiger partial charge is 0.481 e. The maximum absolute atomic E-state index is 12.4. The van der Waals surface area contributed by atoms with Crippen LogP contribution in [-0.4, -0.2) is 29.3 Å². The standard InChI is InChI=1S/C21H23NO5/c1-14(23)15-5-7-16(8-6-15)17-9-10-18(27-17)19(24)22-13-21(20(25)26)11-3-2-4-12-21/h5-10H,2-4,11-13H2,1H3,(H,22,24)(H,25,26). The van der Waals surface area contributed by atoms with Crippen molar-refractivity contribution in [1.82, 2.24) is 5.32 Å². The molecule has 0 aliphatic heterocycles. The molecule has 2 aromatic rings. The van der Waals surface area contributed by atoms with Crippen molar-refractivity contribution in [2.75, 3.05) is 6.54 Å². The molecule has 0 saturated heterocycles. The van der Waals surface area contributed by atoms with Crippen LogP contribution in [0.3, 0.4) is 0 Å². The number of Topliss-reactive ketones (excluding diaryl/α,β-unsaturated/α-hetero) is 1. The summed E-state index contributed by atoms with van der Waals surface area (Å²) in [5.41, 5.74) is 0.481. The van der Waals surface area contributed by atoms with E-state index in [9.17, 15) is 19.5 Å². The number of carbonyl (C=O) groups excluding carboxylic acids is 2. The highest BCUT2D eigenvalue weighted by Gasteiger charge is 2.40. The number of furan rings is 1. The van der Waals surface area contributed by atoms with Crippen LogP contribution in [-0.2, 0) is 4.79 Å². The Morgan fingerprint density at radius 3 is 2.30 bits per heavy atom. The van der Waals surface area contributed by atoms with E-state index in [0.29, 0.717) is 24.2 Å². The number of aliphatic carboxylic acids is 1. The molecule has 1 heterocycles. The summed E-state index contributed by atoms with van der Waals surface area (Å²) in [4.78, 5) is 35.4. The Balaban J connectivity index is 1.67. The summed E-state index contributed by atoms with van der Waals surface area (Å²) in [5, 5.41) is 12.3. The molecule has 6 nitrogen and oxygen atoms in total. The fraction of sp³-hybridized carbons (Fsp3) is 0.381. The molecule has 6 heteroatoms. The molecule has 0 spiro atoms. The van der Waals surface area contributed by atoms with Crippen molar-refractivity contribution < 1.29 is 23.9 Å². The lowest BCUT2D eigenvalue weighted by Crippen LogP contribution is -2.44. The topological polar surface area (TPSA) is 96.6 Å². The lowest BCUT2D eigenvalue weighted by atomic mass is 9.74. The number of carboxylic acids is 1. The molecular formula is C21H23NO5. The van der Waals surface area contributed by atoms with Gasteiger partial charge in [-0.15, -0.1) is 0 Å². The number of carboxylic acid groups (broad SMARTS) is 1. The van der Waals surface area contributed by atoms with Crippen molar-refractivity contribution in [3.8, 4) is 11.3 Å². The van der Waals surface area contributed by atoms with Crippen molar-refractivity contribution in [3.63, 3.8) is 0 Å². The lowest BCUT2D eigenvalue weighted by Gasteiger charge is -2.33. The lowest BCUT2D eigenvalue weighted by molar-refractivity contribution is -0.150. The first kappa shape index (κ1) is 18.9. The summed E-state index contributed by atoms with van der Waals surface area (Å²) < 4.78 is 5.62. The number of amides is 1. The fourth-order valence-corrected chi connectivity index (χ4v) is 3.52. The molecule has 1 aliphatic carbocycles. The molecule has 3 rings (SSSR count). The van der Waals surface area contributed by atoms with Crippen LogP contribution < -0.4 is 5.32 Å². The summed E-state index contributed by atoms with van der Waals surface area (Å²) in [7, 11) is 0. The van der Waals surface area contributed by atoms with Gasteiger partial charge in [0.1, 0.15) is 5.76 Å². The Morgan fingerprint density at radius 2 is 1.70 bits per heavy atom. The van der Waals surface area contributed by atoms with E-state index in [1.165, 1.54) is 6.92 Å². The van der Waals surface area contributed by atoms with E-state index in [1.54, 1.807) is 36.4 Å². The van der Waals surface area contributed by atoms with Gasteiger partial charge in [-0.25, -0.2) is 0 Å². The Morgan fingerprint density at radius 1 is 1.04 bits per heavy atom. The third-order valence-electron chi connectivity index (χ3n) is 5.26. The molecule has 1 aromatic heterocycles. The summed E-state index contributed by atoms with van der Waals surface area (Å²) >= 11 is 0. The molecular weight excluding hydrogens is 346 g/mol. The minimum atomic E-state index is -0.883. The van der Waals surface area contributed by atoms with Crippen LogP contribution in [0.1, 0.15) is 59.9 Å². The van der Waals surface area contributed by atoms with Crippen molar-refractivity contribution in [3.05, 3.63) is 47.7 Å². The number of carbonyl (C=O) groups is 3. The first-order valence-corrected chi connectivity index (χ1v) is 9.14. The molecule has 1 amide bonds. The van der Waals surface area contributed by atoms with Gasteiger partial charge in [0.2, 0.25) is 0 Å². The Kier molecular flexibility index (Phi) is 5.44. The predicted octanol–water partition coefficient (Wildman–Crippen LogP) is 3.91. The molecule has 2 N–H and O–H groups in total. The monoisotopic (exact) mass is 369 g/mol. The van der Waals surface area contributed by atoms with Crippen molar-refractivity contribution in [1.29, 1.82) is 0 Å². The first-order valence-electron chi connectivity index (χ1n) is 9.14. The van der Waals surface area contributed by atoms with Crippen LogP contribution in [0.2, 0.25) is 0 Å². The van der Waals surface area contributed by atoms with E-state index in [4.69, 9.17) is 4.42 Å². The summed E-state index contributed by atoms with van der Waals surface area (Å²) in [5.74, 6) is -0.644. The molecule has 1 saturated carbocycles.